The van der Waals surface area contributed by atoms with Gasteiger partial charge in [0.2, 0.25) is 5.91 Å². The quantitative estimate of drug-likeness (QED) is 0.843. The number of rotatable bonds is 7. The van der Waals surface area contributed by atoms with Gasteiger partial charge in [0.25, 0.3) is 0 Å². The summed E-state index contributed by atoms with van der Waals surface area (Å²) >= 11 is 0. The van der Waals surface area contributed by atoms with Crippen LogP contribution in [0.1, 0.15) is 36.9 Å². The standard InChI is InChI=1S/C20H23NO2/c1-15(23-14-16-8-4-2-5-9-16)20(22)21-19(18-12-13-18)17-10-6-3-7-11-17/h2-11,15,18-19H,12-14H2,1H3,(H,21,22)/t15-,19+/m1/s1. The number of nitrogens with one attached hydrogen (secondary N) is 1. The van der Waals surface area contributed by atoms with Gasteiger partial charge in [-0.25, -0.2) is 0 Å². The highest BCUT2D eigenvalue weighted by Gasteiger charge is 2.34. The molecule has 3 heteroatoms. The van der Waals surface area contributed by atoms with E-state index in [2.05, 4.69) is 17.4 Å². The summed E-state index contributed by atoms with van der Waals surface area (Å²) in [6, 6.07) is 20.2. The highest BCUT2D eigenvalue weighted by molar-refractivity contribution is 5.80. The smallest absolute Gasteiger partial charge is 0.249 e. The lowest BCUT2D eigenvalue weighted by Gasteiger charge is -2.21. The molecule has 0 saturated heterocycles. The summed E-state index contributed by atoms with van der Waals surface area (Å²) < 4.78 is 5.71. The molecule has 1 N–H and O–H groups in total. The van der Waals surface area contributed by atoms with Gasteiger partial charge in [-0.05, 0) is 36.8 Å². The van der Waals surface area contributed by atoms with Crippen LogP contribution in [0.3, 0.4) is 0 Å². The minimum absolute atomic E-state index is 0.0401. The van der Waals surface area contributed by atoms with Crippen LogP contribution in [0.4, 0.5) is 0 Å². The first-order chi connectivity index (χ1) is 11.2. The van der Waals surface area contributed by atoms with Crippen molar-refractivity contribution in [3.63, 3.8) is 0 Å². The molecule has 0 aliphatic heterocycles. The zero-order chi connectivity index (χ0) is 16.1. The van der Waals surface area contributed by atoms with Gasteiger partial charge in [-0.3, -0.25) is 4.79 Å². The Hall–Kier alpha value is -2.13. The lowest BCUT2D eigenvalue weighted by atomic mass is 10.0. The van der Waals surface area contributed by atoms with Crippen molar-refractivity contribution in [3.05, 3.63) is 71.8 Å². The Labute approximate surface area is 137 Å². The SMILES string of the molecule is C[C@@H](OCc1ccccc1)C(=O)N[C@@H](c1ccccc1)C1CC1. The molecule has 0 heterocycles. The summed E-state index contributed by atoms with van der Waals surface area (Å²) in [6.07, 6.45) is 1.90. The van der Waals surface area contributed by atoms with Crippen molar-refractivity contribution >= 4 is 5.91 Å². The van der Waals surface area contributed by atoms with E-state index < -0.39 is 6.10 Å². The Morgan fingerprint density at radius 2 is 1.70 bits per heavy atom. The minimum Gasteiger partial charge on any atom is -0.364 e. The molecule has 0 unspecified atom stereocenters. The molecular formula is C20H23NO2. The van der Waals surface area contributed by atoms with Gasteiger partial charge >= 0.3 is 0 Å². The molecule has 2 aromatic carbocycles. The van der Waals surface area contributed by atoms with E-state index >= 15 is 0 Å². The number of carbonyl (C=O) groups is 1. The van der Waals surface area contributed by atoms with E-state index in [4.69, 9.17) is 4.74 Å². The van der Waals surface area contributed by atoms with Crippen LogP contribution in [0.5, 0.6) is 0 Å². The van der Waals surface area contributed by atoms with Crippen LogP contribution in [0.2, 0.25) is 0 Å². The van der Waals surface area contributed by atoms with E-state index in [1.54, 1.807) is 0 Å². The monoisotopic (exact) mass is 309 g/mol. The molecule has 0 spiro atoms. The molecule has 3 nitrogen and oxygen atoms in total. The number of hydrogen-bond acceptors (Lipinski definition) is 2. The van der Waals surface area contributed by atoms with Gasteiger partial charge < -0.3 is 10.1 Å². The van der Waals surface area contributed by atoms with Crippen molar-refractivity contribution in [1.29, 1.82) is 0 Å². The van der Waals surface area contributed by atoms with Crippen molar-refractivity contribution in [1.82, 2.24) is 5.32 Å². The molecule has 0 radical (unpaired) electrons. The predicted molar refractivity (Wildman–Crippen MR) is 90.7 cm³/mol. The molecule has 23 heavy (non-hydrogen) atoms. The van der Waals surface area contributed by atoms with Crippen LogP contribution >= 0.6 is 0 Å². The van der Waals surface area contributed by atoms with Crippen molar-refractivity contribution < 1.29 is 9.53 Å². The zero-order valence-corrected chi connectivity index (χ0v) is 13.4. The van der Waals surface area contributed by atoms with Crippen LogP contribution < -0.4 is 5.32 Å². The second-order valence-electron chi connectivity index (χ2n) is 6.17. The average Bonchev–Trinajstić information content (AvgIpc) is 3.44. The van der Waals surface area contributed by atoms with Crippen molar-refractivity contribution in [2.24, 2.45) is 5.92 Å². The number of hydrogen-bond donors (Lipinski definition) is 1. The Morgan fingerprint density at radius 3 is 2.30 bits per heavy atom. The fraction of sp³-hybridized carbons (Fsp3) is 0.350. The van der Waals surface area contributed by atoms with E-state index in [0.717, 1.165) is 5.56 Å². The van der Waals surface area contributed by atoms with Crippen molar-refractivity contribution in [2.45, 2.75) is 38.5 Å². The molecule has 1 saturated carbocycles. The van der Waals surface area contributed by atoms with E-state index in [9.17, 15) is 4.79 Å². The Balaban J connectivity index is 1.56. The van der Waals surface area contributed by atoms with E-state index in [-0.39, 0.29) is 11.9 Å². The Morgan fingerprint density at radius 1 is 1.09 bits per heavy atom. The molecule has 120 valence electrons. The molecule has 1 aliphatic rings. The summed E-state index contributed by atoms with van der Waals surface area (Å²) in [5.41, 5.74) is 2.26. The highest BCUT2D eigenvalue weighted by Crippen LogP contribution is 2.40. The molecule has 1 fully saturated rings. The maximum atomic E-state index is 12.4. The predicted octanol–water partition coefficient (Wildman–Crippen LogP) is 3.86. The summed E-state index contributed by atoms with van der Waals surface area (Å²) in [5.74, 6) is 0.518. The Kier molecular flexibility index (Phi) is 5.09. The molecule has 3 rings (SSSR count). The number of amides is 1. The van der Waals surface area contributed by atoms with Gasteiger partial charge in [-0.15, -0.1) is 0 Å². The van der Waals surface area contributed by atoms with Crippen molar-refractivity contribution in [3.8, 4) is 0 Å². The fourth-order valence-corrected chi connectivity index (χ4v) is 2.71. The normalized spacial score (nSPS) is 16.6. The second kappa shape index (κ2) is 7.42. The van der Waals surface area contributed by atoms with Gasteiger partial charge in [0.1, 0.15) is 6.10 Å². The van der Waals surface area contributed by atoms with Gasteiger partial charge in [-0.2, -0.15) is 0 Å². The van der Waals surface area contributed by atoms with Crippen LogP contribution in [-0.4, -0.2) is 12.0 Å². The molecule has 2 aromatic rings. The van der Waals surface area contributed by atoms with Gasteiger partial charge in [0.05, 0.1) is 12.6 Å². The molecule has 1 amide bonds. The summed E-state index contributed by atoms with van der Waals surface area (Å²) in [4.78, 5) is 12.4. The highest BCUT2D eigenvalue weighted by atomic mass is 16.5. The second-order valence-corrected chi connectivity index (χ2v) is 6.17. The zero-order valence-electron chi connectivity index (χ0n) is 13.4. The number of benzene rings is 2. The lowest BCUT2D eigenvalue weighted by Crippen LogP contribution is -2.37. The number of carbonyl (C=O) groups excluding carboxylic acids is 1. The third-order valence-electron chi connectivity index (χ3n) is 4.26. The summed E-state index contributed by atoms with van der Waals surface area (Å²) in [7, 11) is 0. The maximum Gasteiger partial charge on any atom is 0.249 e. The first kappa shape index (κ1) is 15.8. The van der Waals surface area contributed by atoms with Crippen LogP contribution in [0, 0.1) is 5.92 Å². The van der Waals surface area contributed by atoms with Gasteiger partial charge in [-0.1, -0.05) is 60.7 Å². The number of ether oxygens (including phenoxy) is 1. The van der Waals surface area contributed by atoms with Crippen LogP contribution in [-0.2, 0) is 16.1 Å². The third-order valence-corrected chi connectivity index (χ3v) is 4.26. The topological polar surface area (TPSA) is 38.3 Å². The van der Waals surface area contributed by atoms with E-state index in [0.29, 0.717) is 12.5 Å². The van der Waals surface area contributed by atoms with E-state index in [1.165, 1.54) is 18.4 Å². The third kappa shape index (κ3) is 4.42. The van der Waals surface area contributed by atoms with Crippen molar-refractivity contribution in [2.75, 3.05) is 0 Å². The largest absolute Gasteiger partial charge is 0.364 e. The summed E-state index contributed by atoms with van der Waals surface area (Å²) in [5, 5.41) is 3.17. The Bertz CT molecular complexity index is 623. The van der Waals surface area contributed by atoms with Gasteiger partial charge in [0, 0.05) is 0 Å². The average molecular weight is 309 g/mol. The minimum atomic E-state index is -0.458. The molecule has 0 aromatic heterocycles. The van der Waals surface area contributed by atoms with Crippen LogP contribution in [0.25, 0.3) is 0 Å². The molecule has 1 aliphatic carbocycles. The summed E-state index contributed by atoms with van der Waals surface area (Å²) in [6.45, 7) is 2.27. The van der Waals surface area contributed by atoms with Gasteiger partial charge in [0.15, 0.2) is 0 Å². The first-order valence-electron chi connectivity index (χ1n) is 8.25. The maximum absolute atomic E-state index is 12.4. The van der Waals surface area contributed by atoms with E-state index in [1.807, 2.05) is 55.5 Å². The van der Waals surface area contributed by atoms with Crippen LogP contribution in [0.15, 0.2) is 60.7 Å². The molecular weight excluding hydrogens is 286 g/mol. The molecule has 0 bridgehead atoms. The fourth-order valence-electron chi connectivity index (χ4n) is 2.71. The lowest BCUT2D eigenvalue weighted by molar-refractivity contribution is -0.133. The molecule has 2 atom stereocenters. The first-order valence-corrected chi connectivity index (χ1v) is 8.25.